The summed E-state index contributed by atoms with van der Waals surface area (Å²) in [4.78, 5) is 0. The summed E-state index contributed by atoms with van der Waals surface area (Å²) in [6.45, 7) is 0. The molecule has 2 rings (SSSR count). The number of anilines is 1. The number of hydrogen-bond acceptors (Lipinski definition) is 3. The fourth-order valence-corrected chi connectivity index (χ4v) is 2.05. The van der Waals surface area contributed by atoms with Gasteiger partial charge in [0.1, 0.15) is 5.69 Å². The highest BCUT2D eigenvalue weighted by Crippen LogP contribution is 2.30. The average molecular weight is 288 g/mol. The van der Waals surface area contributed by atoms with Crippen LogP contribution in [-0.2, 0) is 7.05 Å². The van der Waals surface area contributed by atoms with E-state index in [-0.39, 0.29) is 0 Å². The number of nitrogens with zero attached hydrogens (tertiary/aromatic N) is 3. The molecule has 0 saturated carbocycles. The smallest absolute Gasteiger partial charge is 0.156 e. The fraction of sp³-hybridized carbons (Fsp3) is 0.111. The molecule has 0 radical (unpaired) electrons. The first-order valence-electron chi connectivity index (χ1n) is 4.20. The molecule has 0 bridgehead atoms. The van der Waals surface area contributed by atoms with E-state index in [1.807, 2.05) is 13.1 Å². The number of halogens is 2. The molecule has 0 aliphatic carbocycles. The van der Waals surface area contributed by atoms with E-state index in [9.17, 15) is 0 Å². The van der Waals surface area contributed by atoms with Gasteiger partial charge in [0.05, 0.1) is 10.7 Å². The minimum absolute atomic E-state index is 0.528. The first-order valence-corrected chi connectivity index (χ1v) is 5.37. The van der Waals surface area contributed by atoms with Gasteiger partial charge >= 0.3 is 0 Å². The largest absolute Gasteiger partial charge is 0.398 e. The summed E-state index contributed by atoms with van der Waals surface area (Å²) in [7, 11) is 1.82. The summed E-state index contributed by atoms with van der Waals surface area (Å²) in [6.07, 6.45) is 0. The maximum absolute atomic E-state index is 5.95. The van der Waals surface area contributed by atoms with Crippen LogP contribution in [0.2, 0.25) is 5.02 Å². The van der Waals surface area contributed by atoms with Crippen molar-refractivity contribution in [3.05, 3.63) is 27.8 Å². The highest BCUT2D eigenvalue weighted by molar-refractivity contribution is 9.10. The van der Waals surface area contributed by atoms with Crippen molar-refractivity contribution in [3.63, 3.8) is 0 Å². The van der Waals surface area contributed by atoms with E-state index in [4.69, 9.17) is 17.3 Å². The SMILES string of the molecule is Cn1nnc(Br)c1-c1ccc(N)c(Cl)c1. The second-order valence-electron chi connectivity index (χ2n) is 3.09. The highest BCUT2D eigenvalue weighted by atomic mass is 79.9. The molecule has 15 heavy (non-hydrogen) atoms. The van der Waals surface area contributed by atoms with E-state index in [2.05, 4.69) is 26.2 Å². The molecule has 1 aromatic carbocycles. The predicted octanol–water partition coefficient (Wildman–Crippen LogP) is 2.48. The molecule has 78 valence electrons. The molecule has 2 N–H and O–H groups in total. The minimum atomic E-state index is 0.528. The Balaban J connectivity index is 2.59. The number of benzene rings is 1. The molecule has 0 saturated heterocycles. The summed E-state index contributed by atoms with van der Waals surface area (Å²) in [6, 6.07) is 5.43. The second kappa shape index (κ2) is 3.83. The zero-order valence-electron chi connectivity index (χ0n) is 7.91. The molecule has 4 nitrogen and oxygen atoms in total. The topological polar surface area (TPSA) is 56.7 Å². The van der Waals surface area contributed by atoms with Gasteiger partial charge < -0.3 is 5.73 Å². The number of nitrogen functional groups attached to an aromatic ring is 1. The number of rotatable bonds is 1. The first kappa shape index (κ1) is 10.4. The molecule has 2 aromatic rings. The van der Waals surface area contributed by atoms with Crippen molar-refractivity contribution in [2.45, 2.75) is 0 Å². The van der Waals surface area contributed by atoms with Crippen LogP contribution in [0.15, 0.2) is 22.8 Å². The van der Waals surface area contributed by atoms with Crippen LogP contribution in [0.3, 0.4) is 0 Å². The van der Waals surface area contributed by atoms with Gasteiger partial charge in [-0.1, -0.05) is 22.9 Å². The molecule has 0 amide bonds. The molecule has 0 spiro atoms. The third kappa shape index (κ3) is 1.85. The maximum Gasteiger partial charge on any atom is 0.156 e. The lowest BCUT2D eigenvalue weighted by Crippen LogP contribution is -1.94. The van der Waals surface area contributed by atoms with Gasteiger partial charge in [-0.2, -0.15) is 0 Å². The monoisotopic (exact) mass is 286 g/mol. The van der Waals surface area contributed by atoms with Gasteiger partial charge in [-0.15, -0.1) is 5.10 Å². The molecule has 6 heteroatoms. The number of hydrogen-bond donors (Lipinski definition) is 1. The van der Waals surface area contributed by atoms with Crippen LogP contribution in [-0.4, -0.2) is 15.0 Å². The van der Waals surface area contributed by atoms with Crippen LogP contribution in [0.25, 0.3) is 11.3 Å². The maximum atomic E-state index is 5.95. The van der Waals surface area contributed by atoms with Gasteiger partial charge in [0.2, 0.25) is 0 Å². The summed E-state index contributed by atoms with van der Waals surface area (Å²) >= 11 is 9.27. The molecule has 1 heterocycles. The van der Waals surface area contributed by atoms with E-state index in [1.165, 1.54) is 0 Å². The van der Waals surface area contributed by atoms with E-state index in [0.717, 1.165) is 11.3 Å². The Bertz CT molecular complexity index is 489. The molecule has 1 aromatic heterocycles. The van der Waals surface area contributed by atoms with E-state index < -0.39 is 0 Å². The zero-order chi connectivity index (χ0) is 11.0. The van der Waals surface area contributed by atoms with Crippen molar-refractivity contribution in [2.24, 2.45) is 7.05 Å². The third-order valence-corrected chi connectivity index (χ3v) is 2.92. The quantitative estimate of drug-likeness (QED) is 0.820. The predicted molar refractivity (Wildman–Crippen MR) is 63.6 cm³/mol. The standard InChI is InChI=1S/C9H8BrClN4/c1-15-8(9(10)13-14-15)5-2-3-7(12)6(11)4-5/h2-4H,12H2,1H3. The lowest BCUT2D eigenvalue weighted by atomic mass is 10.1. The van der Waals surface area contributed by atoms with Crippen LogP contribution < -0.4 is 5.73 Å². The van der Waals surface area contributed by atoms with Crippen LogP contribution in [0, 0.1) is 0 Å². The van der Waals surface area contributed by atoms with Gasteiger partial charge in [-0.3, -0.25) is 0 Å². The Kier molecular flexibility index (Phi) is 2.67. The van der Waals surface area contributed by atoms with Crippen molar-refractivity contribution in [1.82, 2.24) is 15.0 Å². The molecule has 0 atom stereocenters. The minimum Gasteiger partial charge on any atom is -0.398 e. The molecular formula is C9H8BrClN4. The third-order valence-electron chi connectivity index (χ3n) is 2.06. The number of aromatic nitrogens is 3. The Hall–Kier alpha value is -1.07. The van der Waals surface area contributed by atoms with Crippen LogP contribution in [0.4, 0.5) is 5.69 Å². The Morgan fingerprint density at radius 3 is 2.73 bits per heavy atom. The molecule has 0 unspecified atom stereocenters. The molecule has 0 aliphatic rings. The first-order chi connectivity index (χ1) is 7.09. The van der Waals surface area contributed by atoms with Crippen LogP contribution in [0.1, 0.15) is 0 Å². The molecule has 0 aliphatic heterocycles. The molecular weight excluding hydrogens is 279 g/mol. The Labute approximate surface area is 100 Å². The highest BCUT2D eigenvalue weighted by Gasteiger charge is 2.11. The fourth-order valence-electron chi connectivity index (χ4n) is 1.31. The molecule has 0 fully saturated rings. The summed E-state index contributed by atoms with van der Waals surface area (Å²) < 4.78 is 2.36. The zero-order valence-corrected chi connectivity index (χ0v) is 10.2. The van der Waals surface area contributed by atoms with Crippen molar-refractivity contribution in [1.29, 1.82) is 0 Å². The van der Waals surface area contributed by atoms with E-state index >= 15 is 0 Å². The van der Waals surface area contributed by atoms with Crippen molar-refractivity contribution < 1.29 is 0 Å². The lowest BCUT2D eigenvalue weighted by molar-refractivity contribution is 0.720. The van der Waals surface area contributed by atoms with Gasteiger partial charge in [0.25, 0.3) is 0 Å². The Morgan fingerprint density at radius 1 is 1.47 bits per heavy atom. The summed E-state index contributed by atoms with van der Waals surface area (Å²) in [5.74, 6) is 0. The van der Waals surface area contributed by atoms with E-state index in [0.29, 0.717) is 15.3 Å². The Morgan fingerprint density at radius 2 is 2.20 bits per heavy atom. The van der Waals surface area contributed by atoms with Crippen molar-refractivity contribution in [2.75, 3.05) is 5.73 Å². The van der Waals surface area contributed by atoms with Gasteiger partial charge in [0, 0.05) is 12.6 Å². The van der Waals surface area contributed by atoms with Gasteiger partial charge in [-0.05, 0) is 28.1 Å². The van der Waals surface area contributed by atoms with Crippen molar-refractivity contribution in [3.8, 4) is 11.3 Å². The van der Waals surface area contributed by atoms with Crippen LogP contribution >= 0.6 is 27.5 Å². The summed E-state index contributed by atoms with van der Waals surface area (Å²) in [5.41, 5.74) is 7.99. The van der Waals surface area contributed by atoms with Crippen molar-refractivity contribution >= 4 is 33.2 Å². The van der Waals surface area contributed by atoms with E-state index in [1.54, 1.807) is 16.8 Å². The number of nitrogens with two attached hydrogens (primary N) is 1. The van der Waals surface area contributed by atoms with Crippen LogP contribution in [0.5, 0.6) is 0 Å². The normalized spacial score (nSPS) is 10.6. The lowest BCUT2D eigenvalue weighted by Gasteiger charge is -2.04. The second-order valence-corrected chi connectivity index (χ2v) is 4.25. The summed E-state index contributed by atoms with van der Waals surface area (Å²) in [5, 5.41) is 8.32. The average Bonchev–Trinajstić information content (AvgIpc) is 2.52. The van der Waals surface area contributed by atoms with Gasteiger partial charge in [-0.25, -0.2) is 4.68 Å². The van der Waals surface area contributed by atoms with Gasteiger partial charge in [0.15, 0.2) is 4.60 Å². The number of aryl methyl sites for hydroxylation is 1.